The Labute approximate surface area is 188 Å². The van der Waals surface area contributed by atoms with Crippen LogP contribution >= 0.6 is 0 Å². The molecule has 0 bridgehead atoms. The molecule has 1 heterocycles. The van der Waals surface area contributed by atoms with Crippen molar-refractivity contribution in [3.05, 3.63) is 59.7 Å². The molecule has 1 aliphatic heterocycles. The van der Waals surface area contributed by atoms with E-state index in [1.807, 2.05) is 0 Å². The van der Waals surface area contributed by atoms with Crippen LogP contribution in [0.3, 0.4) is 0 Å². The van der Waals surface area contributed by atoms with Crippen LogP contribution in [0.25, 0.3) is 0 Å². The molecular weight excluding hydrogens is 441 g/mol. The fourth-order valence-electron chi connectivity index (χ4n) is 3.30. The van der Waals surface area contributed by atoms with Crippen molar-refractivity contribution in [2.75, 3.05) is 44.3 Å². The molecule has 2 aromatic carbocycles. The molecule has 1 amide bonds. The summed E-state index contributed by atoms with van der Waals surface area (Å²) in [6, 6.07) is 11.3. The van der Waals surface area contributed by atoms with E-state index < -0.39 is 36.8 Å². The summed E-state index contributed by atoms with van der Waals surface area (Å²) in [5.41, 5.74) is 0.239. The van der Waals surface area contributed by atoms with Crippen molar-refractivity contribution in [3.8, 4) is 5.75 Å². The van der Waals surface area contributed by atoms with Crippen molar-refractivity contribution in [2.24, 2.45) is 0 Å². The first-order chi connectivity index (χ1) is 15.6. The van der Waals surface area contributed by atoms with E-state index in [0.29, 0.717) is 43.2 Å². The average molecular weight is 464 g/mol. The molecule has 0 atom stereocenters. The number of alkyl halides is 3. The summed E-state index contributed by atoms with van der Waals surface area (Å²) in [6.07, 6.45) is -4.42. The summed E-state index contributed by atoms with van der Waals surface area (Å²) in [4.78, 5) is 38.7. The molecule has 0 aliphatic carbocycles. The number of halogens is 3. The number of amides is 1. The highest BCUT2D eigenvalue weighted by molar-refractivity contribution is 5.94. The molecule has 0 aromatic heterocycles. The predicted molar refractivity (Wildman–Crippen MR) is 113 cm³/mol. The third-order valence-electron chi connectivity index (χ3n) is 5.15. The molecule has 1 fully saturated rings. The zero-order valence-corrected chi connectivity index (χ0v) is 17.9. The van der Waals surface area contributed by atoms with E-state index in [1.54, 1.807) is 35.2 Å². The summed E-state index contributed by atoms with van der Waals surface area (Å²) in [5, 5.41) is 0. The van der Waals surface area contributed by atoms with Crippen molar-refractivity contribution < 1.29 is 37.0 Å². The average Bonchev–Trinajstić information content (AvgIpc) is 2.81. The fraction of sp³-hybridized carbons (Fsp3) is 0.348. The number of ketones is 1. The van der Waals surface area contributed by atoms with E-state index in [0.717, 1.165) is 12.1 Å². The lowest BCUT2D eigenvalue weighted by Gasteiger charge is -2.36. The predicted octanol–water partition coefficient (Wildman–Crippen LogP) is 3.18. The standard InChI is InChI=1S/C23H23F3N2O5/c1-16(29)17-5-7-20(8-6-17)32-15-22(31)33-14-21(30)28-11-9-27(10-12-28)19-4-2-3-18(13-19)23(24,25)26/h2-8,13H,9-12,14-15H2,1H3. The molecule has 0 spiro atoms. The molecule has 176 valence electrons. The number of nitrogens with zero attached hydrogens (tertiary/aromatic N) is 2. The fourth-order valence-corrected chi connectivity index (χ4v) is 3.30. The summed E-state index contributed by atoms with van der Waals surface area (Å²) < 4.78 is 49.0. The quantitative estimate of drug-likeness (QED) is 0.463. The number of piperazine rings is 1. The number of esters is 1. The van der Waals surface area contributed by atoms with Crippen LogP contribution in [0.2, 0.25) is 0 Å². The van der Waals surface area contributed by atoms with Gasteiger partial charge in [-0.05, 0) is 49.4 Å². The van der Waals surface area contributed by atoms with Gasteiger partial charge in [-0.2, -0.15) is 13.2 Å². The maximum atomic E-state index is 12.9. The van der Waals surface area contributed by atoms with E-state index in [-0.39, 0.29) is 5.78 Å². The smallest absolute Gasteiger partial charge is 0.416 e. The Morgan fingerprint density at radius 1 is 0.939 bits per heavy atom. The molecule has 1 aliphatic rings. The van der Waals surface area contributed by atoms with E-state index >= 15 is 0 Å². The Morgan fingerprint density at radius 3 is 2.21 bits per heavy atom. The zero-order valence-electron chi connectivity index (χ0n) is 17.9. The minimum absolute atomic E-state index is 0.0878. The van der Waals surface area contributed by atoms with Gasteiger partial charge in [0.2, 0.25) is 0 Å². The first kappa shape index (κ1) is 24.1. The number of rotatable bonds is 7. The van der Waals surface area contributed by atoms with Crippen LogP contribution in [0.1, 0.15) is 22.8 Å². The second-order valence-electron chi connectivity index (χ2n) is 7.45. The molecular formula is C23H23F3N2O5. The van der Waals surface area contributed by atoms with E-state index in [9.17, 15) is 27.6 Å². The Balaban J connectivity index is 1.41. The van der Waals surface area contributed by atoms with Crippen LogP contribution in [-0.4, -0.2) is 62.0 Å². The number of carbonyl (C=O) groups is 3. The van der Waals surface area contributed by atoms with Crippen LogP contribution in [0.5, 0.6) is 5.75 Å². The zero-order chi connectivity index (χ0) is 24.0. The Morgan fingerprint density at radius 2 is 1.61 bits per heavy atom. The SMILES string of the molecule is CC(=O)c1ccc(OCC(=O)OCC(=O)N2CCN(c3cccc(C(F)(F)F)c3)CC2)cc1. The summed E-state index contributed by atoms with van der Waals surface area (Å²) >= 11 is 0. The van der Waals surface area contributed by atoms with Gasteiger partial charge in [-0.3, -0.25) is 9.59 Å². The Kier molecular flexibility index (Phi) is 7.57. The largest absolute Gasteiger partial charge is 0.482 e. The van der Waals surface area contributed by atoms with Crippen molar-refractivity contribution in [1.29, 1.82) is 0 Å². The number of hydrogen-bond donors (Lipinski definition) is 0. The van der Waals surface area contributed by atoms with Crippen LogP contribution in [0.15, 0.2) is 48.5 Å². The molecule has 2 aromatic rings. The minimum atomic E-state index is -4.42. The van der Waals surface area contributed by atoms with Crippen molar-refractivity contribution in [3.63, 3.8) is 0 Å². The molecule has 0 saturated carbocycles. The van der Waals surface area contributed by atoms with Gasteiger partial charge >= 0.3 is 12.1 Å². The van der Waals surface area contributed by atoms with Gasteiger partial charge in [-0.25, -0.2) is 4.79 Å². The maximum Gasteiger partial charge on any atom is 0.416 e. The van der Waals surface area contributed by atoms with Gasteiger partial charge in [0.05, 0.1) is 5.56 Å². The highest BCUT2D eigenvalue weighted by Gasteiger charge is 2.31. The van der Waals surface area contributed by atoms with Crippen molar-refractivity contribution >= 4 is 23.3 Å². The number of anilines is 1. The van der Waals surface area contributed by atoms with Gasteiger partial charge < -0.3 is 19.3 Å². The molecule has 0 N–H and O–H groups in total. The number of hydrogen-bond acceptors (Lipinski definition) is 6. The molecule has 0 unspecified atom stereocenters. The topological polar surface area (TPSA) is 76.2 Å². The van der Waals surface area contributed by atoms with Crippen LogP contribution in [0.4, 0.5) is 18.9 Å². The van der Waals surface area contributed by atoms with E-state index in [2.05, 4.69) is 0 Å². The number of ether oxygens (including phenoxy) is 2. The van der Waals surface area contributed by atoms with Gasteiger partial charge in [0.25, 0.3) is 5.91 Å². The third kappa shape index (κ3) is 6.71. The number of Topliss-reactive ketones (excluding diaryl/α,β-unsaturated/α-hetero) is 1. The maximum absolute atomic E-state index is 12.9. The highest BCUT2D eigenvalue weighted by atomic mass is 19.4. The molecule has 1 saturated heterocycles. The van der Waals surface area contributed by atoms with Gasteiger partial charge in [0.1, 0.15) is 5.75 Å². The van der Waals surface area contributed by atoms with Crippen molar-refractivity contribution in [2.45, 2.75) is 13.1 Å². The number of carbonyl (C=O) groups excluding carboxylic acids is 3. The first-order valence-corrected chi connectivity index (χ1v) is 10.2. The van der Waals surface area contributed by atoms with Gasteiger partial charge in [-0.1, -0.05) is 6.07 Å². The second-order valence-corrected chi connectivity index (χ2v) is 7.45. The summed E-state index contributed by atoms with van der Waals surface area (Å²) in [6.45, 7) is 1.92. The molecule has 33 heavy (non-hydrogen) atoms. The Bertz CT molecular complexity index is 1000. The van der Waals surface area contributed by atoms with Gasteiger partial charge in [0, 0.05) is 37.4 Å². The monoisotopic (exact) mass is 464 g/mol. The van der Waals surface area contributed by atoms with Crippen molar-refractivity contribution in [1.82, 2.24) is 4.90 Å². The summed E-state index contributed by atoms with van der Waals surface area (Å²) in [5.74, 6) is -0.816. The molecule has 7 nitrogen and oxygen atoms in total. The molecule has 0 radical (unpaired) electrons. The minimum Gasteiger partial charge on any atom is -0.482 e. The third-order valence-corrected chi connectivity index (χ3v) is 5.15. The highest BCUT2D eigenvalue weighted by Crippen LogP contribution is 2.31. The second kappa shape index (κ2) is 10.4. The van der Waals surface area contributed by atoms with Crippen LogP contribution < -0.4 is 9.64 Å². The van der Waals surface area contributed by atoms with Gasteiger partial charge in [-0.15, -0.1) is 0 Å². The van der Waals surface area contributed by atoms with E-state index in [4.69, 9.17) is 9.47 Å². The number of benzene rings is 2. The molecule has 3 rings (SSSR count). The van der Waals surface area contributed by atoms with E-state index in [1.165, 1.54) is 17.9 Å². The summed E-state index contributed by atoms with van der Waals surface area (Å²) in [7, 11) is 0. The Hall–Kier alpha value is -3.56. The van der Waals surface area contributed by atoms with Crippen LogP contribution in [0, 0.1) is 0 Å². The van der Waals surface area contributed by atoms with Crippen LogP contribution in [-0.2, 0) is 20.5 Å². The van der Waals surface area contributed by atoms with Gasteiger partial charge in [0.15, 0.2) is 19.0 Å². The lowest BCUT2D eigenvalue weighted by atomic mass is 10.1. The molecule has 10 heteroatoms. The normalized spacial score (nSPS) is 14.1. The lowest BCUT2D eigenvalue weighted by molar-refractivity contribution is -0.153. The first-order valence-electron chi connectivity index (χ1n) is 10.2. The lowest BCUT2D eigenvalue weighted by Crippen LogP contribution is -2.50.